The summed E-state index contributed by atoms with van der Waals surface area (Å²) in [6.45, 7) is 0.841. The molecule has 1 amide bonds. The number of rotatable bonds is 5. The predicted molar refractivity (Wildman–Crippen MR) is 107 cm³/mol. The number of hydrogen-bond donors (Lipinski definition) is 1. The van der Waals surface area contributed by atoms with Crippen LogP contribution in [0.3, 0.4) is 0 Å². The Morgan fingerprint density at radius 3 is 2.47 bits per heavy atom. The number of amides is 1. The number of aliphatic hydroxyl groups is 1. The molecule has 2 saturated heterocycles. The second-order valence-corrected chi connectivity index (χ2v) is 7.37. The Bertz CT molecular complexity index is 978. The molecule has 2 atom stereocenters. The van der Waals surface area contributed by atoms with E-state index in [9.17, 15) is 19.1 Å². The van der Waals surface area contributed by atoms with E-state index in [0.29, 0.717) is 23.5 Å². The van der Waals surface area contributed by atoms with Crippen molar-refractivity contribution in [1.82, 2.24) is 4.90 Å². The quantitative estimate of drug-likeness (QED) is 0.463. The van der Waals surface area contributed by atoms with Crippen molar-refractivity contribution in [2.75, 3.05) is 20.3 Å². The minimum Gasteiger partial charge on any atom is -0.507 e. The van der Waals surface area contributed by atoms with Crippen LogP contribution in [0.4, 0.5) is 4.39 Å². The van der Waals surface area contributed by atoms with Gasteiger partial charge in [0.15, 0.2) is 0 Å². The number of benzene rings is 2. The number of aliphatic hydroxyl groups excluding tert-OH is 1. The fourth-order valence-corrected chi connectivity index (χ4v) is 3.97. The molecular weight excluding hydrogens is 389 g/mol. The molecule has 2 heterocycles. The summed E-state index contributed by atoms with van der Waals surface area (Å²) >= 11 is 0. The lowest BCUT2D eigenvalue weighted by Crippen LogP contribution is -2.36. The Morgan fingerprint density at radius 1 is 1.17 bits per heavy atom. The standard InChI is InChI=1S/C23H22FNO5/c1-29-17-10-6-15(7-11-17)21(26)19-20(14-4-8-16(24)9-5-14)25(23(28)22(19)27)13-18-3-2-12-30-18/h4-11,18,20,26H,2-3,12-13H2,1H3/b21-19+/t18-,20-/m0/s1. The number of likely N-dealkylation sites (tertiary alicyclic amines) is 1. The topological polar surface area (TPSA) is 76.1 Å². The molecular formula is C23H22FNO5. The zero-order valence-corrected chi connectivity index (χ0v) is 16.5. The van der Waals surface area contributed by atoms with Crippen LogP contribution in [0.25, 0.3) is 5.76 Å². The van der Waals surface area contributed by atoms with E-state index < -0.39 is 23.5 Å². The minimum atomic E-state index is -0.822. The van der Waals surface area contributed by atoms with E-state index in [0.717, 1.165) is 12.8 Å². The van der Waals surface area contributed by atoms with E-state index >= 15 is 0 Å². The normalized spacial score (nSPS) is 23.2. The molecule has 156 valence electrons. The third kappa shape index (κ3) is 3.68. The van der Waals surface area contributed by atoms with Crippen molar-refractivity contribution in [2.45, 2.75) is 25.0 Å². The van der Waals surface area contributed by atoms with Crippen molar-refractivity contribution in [3.05, 3.63) is 71.0 Å². The minimum absolute atomic E-state index is 0.0187. The van der Waals surface area contributed by atoms with Crippen molar-refractivity contribution < 1.29 is 28.6 Å². The van der Waals surface area contributed by atoms with E-state index in [-0.39, 0.29) is 24.0 Å². The van der Waals surface area contributed by atoms with Gasteiger partial charge in [-0.05, 0) is 54.8 Å². The van der Waals surface area contributed by atoms with E-state index in [2.05, 4.69) is 0 Å². The predicted octanol–water partition coefficient (Wildman–Crippen LogP) is 3.44. The zero-order chi connectivity index (χ0) is 21.3. The molecule has 0 unspecified atom stereocenters. The first kappa shape index (κ1) is 20.1. The summed E-state index contributed by atoms with van der Waals surface area (Å²) in [7, 11) is 1.53. The molecule has 0 aliphatic carbocycles. The molecule has 0 spiro atoms. The van der Waals surface area contributed by atoms with Crippen LogP contribution in [0.1, 0.15) is 30.0 Å². The summed E-state index contributed by atoms with van der Waals surface area (Å²) in [5.74, 6) is -1.57. The first-order chi connectivity index (χ1) is 14.5. The average Bonchev–Trinajstić information content (AvgIpc) is 3.36. The monoisotopic (exact) mass is 411 g/mol. The highest BCUT2D eigenvalue weighted by Gasteiger charge is 2.47. The van der Waals surface area contributed by atoms with Gasteiger partial charge >= 0.3 is 0 Å². The fraction of sp³-hybridized carbons (Fsp3) is 0.304. The van der Waals surface area contributed by atoms with Crippen LogP contribution in [0.2, 0.25) is 0 Å². The molecule has 2 aromatic rings. The van der Waals surface area contributed by atoms with Gasteiger partial charge in [-0.1, -0.05) is 12.1 Å². The number of ether oxygens (including phenoxy) is 2. The summed E-state index contributed by atoms with van der Waals surface area (Å²) in [5, 5.41) is 11.0. The summed E-state index contributed by atoms with van der Waals surface area (Å²) in [4.78, 5) is 27.2. The van der Waals surface area contributed by atoms with E-state index in [1.807, 2.05) is 0 Å². The molecule has 0 saturated carbocycles. The fourth-order valence-electron chi connectivity index (χ4n) is 3.97. The second-order valence-electron chi connectivity index (χ2n) is 7.37. The largest absolute Gasteiger partial charge is 0.507 e. The number of Topliss-reactive ketones (excluding diaryl/α,β-unsaturated/α-hetero) is 1. The van der Waals surface area contributed by atoms with Gasteiger partial charge in [0.2, 0.25) is 0 Å². The molecule has 7 heteroatoms. The van der Waals surface area contributed by atoms with Crippen LogP contribution in [0.15, 0.2) is 54.1 Å². The average molecular weight is 411 g/mol. The van der Waals surface area contributed by atoms with Crippen LogP contribution in [-0.4, -0.2) is 48.1 Å². The molecule has 30 heavy (non-hydrogen) atoms. The molecule has 2 aromatic carbocycles. The molecule has 6 nitrogen and oxygen atoms in total. The first-order valence-corrected chi connectivity index (χ1v) is 9.79. The number of hydrogen-bond acceptors (Lipinski definition) is 5. The molecule has 0 radical (unpaired) electrons. The number of halogens is 1. The van der Waals surface area contributed by atoms with Crippen molar-refractivity contribution in [2.24, 2.45) is 0 Å². The Hall–Kier alpha value is -3.19. The molecule has 2 aliphatic rings. The number of nitrogens with zero attached hydrogens (tertiary/aromatic N) is 1. The van der Waals surface area contributed by atoms with E-state index in [1.54, 1.807) is 24.3 Å². The molecule has 2 fully saturated rings. The number of carbonyl (C=O) groups is 2. The smallest absolute Gasteiger partial charge is 0.295 e. The van der Waals surface area contributed by atoms with Gasteiger partial charge in [0.25, 0.3) is 11.7 Å². The van der Waals surface area contributed by atoms with Crippen LogP contribution in [-0.2, 0) is 14.3 Å². The van der Waals surface area contributed by atoms with Crippen LogP contribution < -0.4 is 4.74 Å². The van der Waals surface area contributed by atoms with Crippen molar-refractivity contribution >= 4 is 17.4 Å². The Labute approximate surface area is 173 Å². The van der Waals surface area contributed by atoms with Gasteiger partial charge in [0.1, 0.15) is 17.3 Å². The van der Waals surface area contributed by atoms with Crippen molar-refractivity contribution in [1.29, 1.82) is 0 Å². The molecule has 0 aromatic heterocycles. The Balaban J connectivity index is 1.80. The van der Waals surface area contributed by atoms with Crippen molar-refractivity contribution in [3.8, 4) is 5.75 Å². The van der Waals surface area contributed by atoms with Crippen LogP contribution in [0, 0.1) is 5.82 Å². The maximum Gasteiger partial charge on any atom is 0.295 e. The number of carbonyl (C=O) groups excluding carboxylic acids is 2. The second kappa shape index (κ2) is 8.28. The number of methoxy groups -OCH3 is 1. The van der Waals surface area contributed by atoms with Gasteiger partial charge in [-0.15, -0.1) is 0 Å². The highest BCUT2D eigenvalue weighted by Crippen LogP contribution is 2.40. The van der Waals surface area contributed by atoms with Gasteiger partial charge in [-0.3, -0.25) is 9.59 Å². The molecule has 0 bridgehead atoms. The van der Waals surface area contributed by atoms with E-state index in [4.69, 9.17) is 9.47 Å². The maximum atomic E-state index is 13.5. The molecule has 1 N–H and O–H groups in total. The van der Waals surface area contributed by atoms with E-state index in [1.165, 1.54) is 36.3 Å². The van der Waals surface area contributed by atoms with Crippen molar-refractivity contribution in [3.63, 3.8) is 0 Å². The Morgan fingerprint density at radius 2 is 1.87 bits per heavy atom. The van der Waals surface area contributed by atoms with Crippen LogP contribution in [0.5, 0.6) is 5.75 Å². The summed E-state index contributed by atoms with van der Waals surface area (Å²) in [5.41, 5.74) is 0.913. The third-order valence-electron chi connectivity index (χ3n) is 5.51. The highest BCUT2D eigenvalue weighted by atomic mass is 19.1. The summed E-state index contributed by atoms with van der Waals surface area (Å²) in [6, 6.07) is 11.3. The zero-order valence-electron chi connectivity index (χ0n) is 16.5. The lowest BCUT2D eigenvalue weighted by molar-refractivity contribution is -0.140. The van der Waals surface area contributed by atoms with Gasteiger partial charge in [0.05, 0.1) is 24.8 Å². The summed E-state index contributed by atoms with van der Waals surface area (Å²) in [6.07, 6.45) is 1.51. The van der Waals surface area contributed by atoms with Gasteiger partial charge < -0.3 is 19.5 Å². The van der Waals surface area contributed by atoms with Gasteiger partial charge in [-0.25, -0.2) is 4.39 Å². The van der Waals surface area contributed by atoms with Crippen LogP contribution >= 0.6 is 0 Å². The third-order valence-corrected chi connectivity index (χ3v) is 5.51. The molecule has 4 rings (SSSR count). The Kier molecular flexibility index (Phi) is 5.55. The first-order valence-electron chi connectivity index (χ1n) is 9.79. The summed E-state index contributed by atoms with van der Waals surface area (Å²) < 4.78 is 24.3. The SMILES string of the molecule is COc1ccc(/C(O)=C2\C(=O)C(=O)N(C[C@@H]3CCCO3)[C@H]2c2ccc(F)cc2)cc1. The lowest BCUT2D eigenvalue weighted by Gasteiger charge is -2.27. The maximum absolute atomic E-state index is 13.5. The lowest BCUT2D eigenvalue weighted by atomic mass is 9.95. The number of ketones is 1. The van der Waals surface area contributed by atoms with Gasteiger partial charge in [-0.2, -0.15) is 0 Å². The highest BCUT2D eigenvalue weighted by molar-refractivity contribution is 6.46. The van der Waals surface area contributed by atoms with Gasteiger partial charge in [0, 0.05) is 18.7 Å². The molecule has 2 aliphatic heterocycles.